The summed E-state index contributed by atoms with van der Waals surface area (Å²) in [6.45, 7) is 2.46. The van der Waals surface area contributed by atoms with Crippen LogP contribution in [0, 0.1) is 12.7 Å². The minimum absolute atomic E-state index is 0.174. The number of hydrogen-bond acceptors (Lipinski definition) is 1. The molecule has 2 aromatic carbocycles. The van der Waals surface area contributed by atoms with Gasteiger partial charge in [0, 0.05) is 17.8 Å². The summed E-state index contributed by atoms with van der Waals surface area (Å²) in [7, 11) is 0. The highest BCUT2D eigenvalue weighted by atomic mass is 19.1. The molecular formula is C16H16FN. The maximum Gasteiger partial charge on any atom is 0.128 e. The summed E-state index contributed by atoms with van der Waals surface area (Å²) in [5, 5.41) is 3.20. The van der Waals surface area contributed by atoms with Crippen LogP contribution in [0.3, 0.4) is 0 Å². The first-order valence-electron chi connectivity index (χ1n) is 5.98. The van der Waals surface area contributed by atoms with Crippen molar-refractivity contribution in [2.45, 2.75) is 6.92 Å². The Bertz CT molecular complexity index is 532. The molecule has 0 aliphatic heterocycles. The Labute approximate surface area is 107 Å². The van der Waals surface area contributed by atoms with Gasteiger partial charge in [0.05, 0.1) is 0 Å². The van der Waals surface area contributed by atoms with Crippen molar-refractivity contribution >= 4 is 11.8 Å². The van der Waals surface area contributed by atoms with E-state index in [9.17, 15) is 4.39 Å². The molecule has 2 heteroatoms. The third kappa shape index (κ3) is 3.20. The van der Waals surface area contributed by atoms with Gasteiger partial charge < -0.3 is 5.32 Å². The first-order chi connectivity index (χ1) is 8.77. The zero-order valence-corrected chi connectivity index (χ0v) is 10.4. The summed E-state index contributed by atoms with van der Waals surface area (Å²) < 4.78 is 13.3. The molecule has 0 aliphatic carbocycles. The standard InChI is InChI=1S/C16H16FN/c1-13-15(17)10-5-11-16(13)18-12-6-9-14-7-3-2-4-8-14/h2-11,18H,12H2,1H3. The molecule has 1 nitrogen and oxygen atoms in total. The van der Waals surface area contributed by atoms with Crippen LogP contribution in [0.15, 0.2) is 54.6 Å². The van der Waals surface area contributed by atoms with Gasteiger partial charge in [0.25, 0.3) is 0 Å². The molecule has 0 atom stereocenters. The van der Waals surface area contributed by atoms with Crippen LogP contribution in [0.5, 0.6) is 0 Å². The van der Waals surface area contributed by atoms with Gasteiger partial charge in [-0.25, -0.2) is 4.39 Å². The van der Waals surface area contributed by atoms with E-state index >= 15 is 0 Å². The van der Waals surface area contributed by atoms with Crippen LogP contribution < -0.4 is 5.32 Å². The summed E-state index contributed by atoms with van der Waals surface area (Å²) in [5.41, 5.74) is 2.66. The lowest BCUT2D eigenvalue weighted by atomic mass is 10.2. The van der Waals surface area contributed by atoms with E-state index in [0.29, 0.717) is 12.1 Å². The number of benzene rings is 2. The third-order valence-corrected chi connectivity index (χ3v) is 2.79. The maximum atomic E-state index is 13.3. The molecule has 0 saturated heterocycles. The monoisotopic (exact) mass is 241 g/mol. The molecule has 0 spiro atoms. The Morgan fingerprint density at radius 1 is 1.06 bits per heavy atom. The minimum Gasteiger partial charge on any atom is -0.381 e. The van der Waals surface area contributed by atoms with Gasteiger partial charge in [-0.15, -0.1) is 0 Å². The highest BCUT2D eigenvalue weighted by Crippen LogP contribution is 2.16. The fraction of sp³-hybridized carbons (Fsp3) is 0.125. The molecule has 0 saturated carbocycles. The lowest BCUT2D eigenvalue weighted by Gasteiger charge is -2.07. The summed E-state index contributed by atoms with van der Waals surface area (Å²) in [4.78, 5) is 0. The molecule has 0 radical (unpaired) electrons. The summed E-state index contributed by atoms with van der Waals surface area (Å²) in [6.07, 6.45) is 4.07. The van der Waals surface area contributed by atoms with Gasteiger partial charge >= 0.3 is 0 Å². The fourth-order valence-electron chi connectivity index (χ4n) is 1.73. The Kier molecular flexibility index (Phi) is 4.13. The minimum atomic E-state index is -0.174. The predicted octanol–water partition coefficient (Wildman–Crippen LogP) is 4.26. The molecule has 0 aromatic heterocycles. The molecule has 2 aromatic rings. The number of nitrogens with one attached hydrogen (secondary N) is 1. The van der Waals surface area contributed by atoms with E-state index in [1.54, 1.807) is 13.0 Å². The largest absolute Gasteiger partial charge is 0.381 e. The van der Waals surface area contributed by atoms with Gasteiger partial charge in [-0.2, -0.15) is 0 Å². The molecule has 0 fully saturated rings. The molecule has 0 heterocycles. The van der Waals surface area contributed by atoms with Crippen molar-refractivity contribution in [2.75, 3.05) is 11.9 Å². The topological polar surface area (TPSA) is 12.0 Å². The van der Waals surface area contributed by atoms with Gasteiger partial charge in [0.1, 0.15) is 5.82 Å². The highest BCUT2D eigenvalue weighted by molar-refractivity contribution is 5.53. The number of hydrogen-bond donors (Lipinski definition) is 1. The number of halogens is 1. The molecule has 0 bridgehead atoms. The van der Waals surface area contributed by atoms with Gasteiger partial charge in [0.2, 0.25) is 0 Å². The normalized spacial score (nSPS) is 10.8. The highest BCUT2D eigenvalue weighted by Gasteiger charge is 2.00. The zero-order valence-electron chi connectivity index (χ0n) is 10.4. The van der Waals surface area contributed by atoms with Crippen LogP contribution in [0.2, 0.25) is 0 Å². The lowest BCUT2D eigenvalue weighted by Crippen LogP contribution is -2.01. The van der Waals surface area contributed by atoms with Gasteiger partial charge in [-0.3, -0.25) is 0 Å². The van der Waals surface area contributed by atoms with Gasteiger partial charge in [0.15, 0.2) is 0 Å². The smallest absolute Gasteiger partial charge is 0.128 e. The quantitative estimate of drug-likeness (QED) is 0.843. The van der Waals surface area contributed by atoms with Crippen LogP contribution in [-0.4, -0.2) is 6.54 Å². The summed E-state index contributed by atoms with van der Waals surface area (Å²) in [5.74, 6) is -0.174. The second-order valence-electron chi connectivity index (χ2n) is 4.11. The van der Waals surface area contributed by atoms with Crippen LogP contribution in [0.25, 0.3) is 6.08 Å². The molecule has 2 rings (SSSR count). The van der Waals surface area contributed by atoms with Crippen molar-refractivity contribution in [3.8, 4) is 0 Å². The predicted molar refractivity (Wildman–Crippen MR) is 75.1 cm³/mol. The Morgan fingerprint density at radius 3 is 2.61 bits per heavy atom. The fourth-order valence-corrected chi connectivity index (χ4v) is 1.73. The lowest BCUT2D eigenvalue weighted by molar-refractivity contribution is 0.619. The molecule has 92 valence electrons. The third-order valence-electron chi connectivity index (χ3n) is 2.79. The molecule has 0 aliphatic rings. The average molecular weight is 241 g/mol. The van der Waals surface area contributed by atoms with Crippen molar-refractivity contribution in [1.82, 2.24) is 0 Å². The Balaban J connectivity index is 1.93. The molecule has 0 amide bonds. The van der Waals surface area contributed by atoms with E-state index in [-0.39, 0.29) is 5.82 Å². The Hall–Kier alpha value is -2.09. The maximum absolute atomic E-state index is 13.3. The second-order valence-corrected chi connectivity index (χ2v) is 4.11. The first kappa shape index (κ1) is 12.4. The van der Waals surface area contributed by atoms with Crippen LogP contribution in [0.4, 0.5) is 10.1 Å². The van der Waals surface area contributed by atoms with Crippen LogP contribution in [0.1, 0.15) is 11.1 Å². The van der Waals surface area contributed by atoms with E-state index in [0.717, 1.165) is 11.3 Å². The second kappa shape index (κ2) is 6.01. The molecule has 18 heavy (non-hydrogen) atoms. The van der Waals surface area contributed by atoms with Crippen molar-refractivity contribution in [3.63, 3.8) is 0 Å². The van der Waals surface area contributed by atoms with E-state index < -0.39 is 0 Å². The summed E-state index contributed by atoms with van der Waals surface area (Å²) >= 11 is 0. The van der Waals surface area contributed by atoms with Crippen molar-refractivity contribution in [3.05, 3.63) is 71.6 Å². The zero-order chi connectivity index (χ0) is 12.8. The molecule has 1 N–H and O–H groups in total. The average Bonchev–Trinajstić information content (AvgIpc) is 2.40. The molecule has 0 unspecified atom stereocenters. The summed E-state index contributed by atoms with van der Waals surface area (Å²) in [6, 6.07) is 15.2. The number of rotatable bonds is 4. The van der Waals surface area contributed by atoms with Crippen molar-refractivity contribution in [2.24, 2.45) is 0 Å². The van der Waals surface area contributed by atoms with E-state index in [1.807, 2.05) is 48.6 Å². The molecular weight excluding hydrogens is 225 g/mol. The van der Waals surface area contributed by atoms with Crippen molar-refractivity contribution in [1.29, 1.82) is 0 Å². The van der Waals surface area contributed by atoms with Crippen LogP contribution >= 0.6 is 0 Å². The van der Waals surface area contributed by atoms with E-state index in [2.05, 4.69) is 5.32 Å². The Morgan fingerprint density at radius 2 is 1.83 bits per heavy atom. The van der Waals surface area contributed by atoms with E-state index in [1.165, 1.54) is 6.07 Å². The van der Waals surface area contributed by atoms with Gasteiger partial charge in [-0.1, -0.05) is 48.6 Å². The van der Waals surface area contributed by atoms with Gasteiger partial charge in [-0.05, 0) is 24.6 Å². The van der Waals surface area contributed by atoms with Crippen molar-refractivity contribution < 1.29 is 4.39 Å². The van der Waals surface area contributed by atoms with Crippen LogP contribution in [-0.2, 0) is 0 Å². The SMILES string of the molecule is Cc1c(F)cccc1NCC=Cc1ccccc1. The first-order valence-corrected chi connectivity index (χ1v) is 5.98. The number of anilines is 1. The van der Waals surface area contributed by atoms with E-state index in [4.69, 9.17) is 0 Å².